The summed E-state index contributed by atoms with van der Waals surface area (Å²) in [6, 6.07) is 5.15. The summed E-state index contributed by atoms with van der Waals surface area (Å²) < 4.78 is 4.92. The minimum absolute atomic E-state index is 0.0185. The van der Waals surface area contributed by atoms with Crippen molar-refractivity contribution in [3.8, 4) is 5.75 Å². The van der Waals surface area contributed by atoms with E-state index in [1.54, 1.807) is 24.4 Å². The summed E-state index contributed by atoms with van der Waals surface area (Å²) in [6.45, 7) is 0. The third-order valence-electron chi connectivity index (χ3n) is 2.07. The molecular formula is C9H8N2O3. The van der Waals surface area contributed by atoms with Gasteiger partial charge in [0.15, 0.2) is 5.75 Å². The van der Waals surface area contributed by atoms with Crippen molar-refractivity contribution in [3.63, 3.8) is 0 Å². The van der Waals surface area contributed by atoms with Gasteiger partial charge in [0.2, 0.25) is 0 Å². The molecule has 0 aliphatic rings. The number of benzene rings is 1. The molecule has 0 amide bonds. The number of aromatic amines is 1. The number of hydrogen-bond acceptors (Lipinski definition) is 3. The average molecular weight is 192 g/mol. The number of nitro groups is 1. The molecule has 0 atom stereocenters. The van der Waals surface area contributed by atoms with Gasteiger partial charge in [-0.2, -0.15) is 0 Å². The number of methoxy groups -OCH3 is 1. The lowest BCUT2D eigenvalue weighted by Crippen LogP contribution is -1.94. The van der Waals surface area contributed by atoms with E-state index in [1.165, 1.54) is 7.11 Å². The summed E-state index contributed by atoms with van der Waals surface area (Å²) in [5.74, 6) is 0.268. The summed E-state index contributed by atoms with van der Waals surface area (Å²) in [7, 11) is 1.41. The Hall–Kier alpha value is -2.04. The molecule has 1 N–H and O–H groups in total. The van der Waals surface area contributed by atoms with Crippen molar-refractivity contribution in [3.05, 3.63) is 34.5 Å². The lowest BCUT2D eigenvalue weighted by Gasteiger charge is -2.01. The van der Waals surface area contributed by atoms with Gasteiger partial charge in [-0.05, 0) is 18.2 Å². The van der Waals surface area contributed by atoms with Crippen LogP contribution in [0.5, 0.6) is 5.75 Å². The molecule has 5 heteroatoms. The Morgan fingerprint density at radius 1 is 1.43 bits per heavy atom. The Kier molecular flexibility index (Phi) is 1.85. The Bertz CT molecular complexity index is 490. The summed E-state index contributed by atoms with van der Waals surface area (Å²) in [6.07, 6.45) is 1.66. The number of nitrogens with one attached hydrogen (secondary N) is 1. The molecule has 0 aliphatic heterocycles. The minimum Gasteiger partial charge on any atom is -0.490 e. The number of rotatable bonds is 2. The Morgan fingerprint density at radius 3 is 2.86 bits per heavy atom. The zero-order valence-corrected chi connectivity index (χ0v) is 7.48. The van der Waals surface area contributed by atoms with Crippen LogP contribution in [0.3, 0.4) is 0 Å². The molecule has 0 aliphatic carbocycles. The molecule has 0 saturated heterocycles. The number of nitro benzene ring substituents is 1. The summed E-state index contributed by atoms with van der Waals surface area (Å²) in [5, 5.41) is 11.6. The summed E-state index contributed by atoms with van der Waals surface area (Å²) in [5.41, 5.74) is 0.476. The molecule has 0 fully saturated rings. The fourth-order valence-corrected chi connectivity index (χ4v) is 1.44. The highest BCUT2D eigenvalue weighted by Gasteiger charge is 2.19. The van der Waals surface area contributed by atoms with Crippen molar-refractivity contribution in [1.29, 1.82) is 0 Å². The van der Waals surface area contributed by atoms with E-state index in [2.05, 4.69) is 4.98 Å². The second kappa shape index (κ2) is 3.02. The largest absolute Gasteiger partial charge is 0.490 e. The molecule has 0 unspecified atom stereocenters. The molecule has 2 aromatic rings. The number of H-pyrrole nitrogens is 1. The molecule has 0 bridgehead atoms. The molecule has 1 aromatic heterocycles. The Labute approximate surface area is 79.5 Å². The van der Waals surface area contributed by atoms with Crippen molar-refractivity contribution in [2.75, 3.05) is 7.11 Å². The predicted molar refractivity (Wildman–Crippen MR) is 51.5 cm³/mol. The third-order valence-corrected chi connectivity index (χ3v) is 2.07. The van der Waals surface area contributed by atoms with Gasteiger partial charge < -0.3 is 9.72 Å². The molecule has 2 rings (SSSR count). The van der Waals surface area contributed by atoms with Gasteiger partial charge in [-0.3, -0.25) is 10.1 Å². The van der Waals surface area contributed by atoms with Crippen molar-refractivity contribution < 1.29 is 9.66 Å². The van der Waals surface area contributed by atoms with Crippen LogP contribution in [-0.4, -0.2) is 17.0 Å². The van der Waals surface area contributed by atoms with Gasteiger partial charge in [0.1, 0.15) is 5.52 Å². The standard InChI is InChI=1S/C9H8N2O3/c1-14-7-3-2-6-4-5-10-8(6)9(7)11(12)13/h2-5,10H,1H3. The second-order valence-corrected chi connectivity index (χ2v) is 2.82. The van der Waals surface area contributed by atoms with Crippen LogP contribution in [0.2, 0.25) is 0 Å². The normalized spacial score (nSPS) is 10.4. The minimum atomic E-state index is -0.447. The third kappa shape index (κ3) is 1.10. The number of ether oxygens (including phenoxy) is 1. The maximum Gasteiger partial charge on any atom is 0.334 e. The van der Waals surface area contributed by atoms with E-state index in [-0.39, 0.29) is 11.4 Å². The zero-order chi connectivity index (χ0) is 10.1. The smallest absolute Gasteiger partial charge is 0.334 e. The summed E-state index contributed by atoms with van der Waals surface area (Å²) >= 11 is 0. The maximum absolute atomic E-state index is 10.8. The van der Waals surface area contributed by atoms with Gasteiger partial charge in [0.05, 0.1) is 12.0 Å². The molecule has 1 aromatic carbocycles. The highest BCUT2D eigenvalue weighted by molar-refractivity contribution is 5.90. The number of aromatic nitrogens is 1. The number of hydrogen-bond donors (Lipinski definition) is 1. The van der Waals surface area contributed by atoms with Gasteiger partial charge in [-0.15, -0.1) is 0 Å². The quantitative estimate of drug-likeness (QED) is 0.585. The first-order valence-corrected chi connectivity index (χ1v) is 4.02. The van der Waals surface area contributed by atoms with E-state index in [4.69, 9.17) is 4.74 Å². The molecule has 14 heavy (non-hydrogen) atoms. The highest BCUT2D eigenvalue weighted by atomic mass is 16.6. The maximum atomic E-state index is 10.8. The van der Waals surface area contributed by atoms with Crippen LogP contribution in [0.4, 0.5) is 5.69 Å². The zero-order valence-electron chi connectivity index (χ0n) is 7.48. The van der Waals surface area contributed by atoms with Crippen LogP contribution >= 0.6 is 0 Å². The number of nitrogens with zero attached hydrogens (tertiary/aromatic N) is 1. The molecule has 0 radical (unpaired) electrons. The first kappa shape index (κ1) is 8.55. The van der Waals surface area contributed by atoms with Gasteiger partial charge in [0, 0.05) is 11.6 Å². The fraction of sp³-hybridized carbons (Fsp3) is 0.111. The van der Waals surface area contributed by atoms with Crippen LogP contribution < -0.4 is 4.74 Å². The first-order chi connectivity index (χ1) is 6.74. The lowest BCUT2D eigenvalue weighted by atomic mass is 10.2. The number of fused-ring (bicyclic) bond motifs is 1. The lowest BCUT2D eigenvalue weighted by molar-refractivity contribution is -0.384. The van der Waals surface area contributed by atoms with E-state index in [0.717, 1.165) is 5.39 Å². The van der Waals surface area contributed by atoms with Gasteiger partial charge in [0.25, 0.3) is 0 Å². The van der Waals surface area contributed by atoms with E-state index >= 15 is 0 Å². The molecule has 5 nitrogen and oxygen atoms in total. The van der Waals surface area contributed by atoms with E-state index in [0.29, 0.717) is 5.52 Å². The predicted octanol–water partition coefficient (Wildman–Crippen LogP) is 2.08. The summed E-state index contributed by atoms with van der Waals surface area (Å²) in [4.78, 5) is 13.2. The van der Waals surface area contributed by atoms with Gasteiger partial charge in [-0.25, -0.2) is 0 Å². The van der Waals surface area contributed by atoms with Crippen LogP contribution in [0, 0.1) is 10.1 Å². The van der Waals surface area contributed by atoms with Crippen molar-refractivity contribution in [2.45, 2.75) is 0 Å². The Balaban J connectivity index is 2.82. The van der Waals surface area contributed by atoms with E-state index < -0.39 is 4.92 Å². The van der Waals surface area contributed by atoms with E-state index in [9.17, 15) is 10.1 Å². The highest BCUT2D eigenvalue weighted by Crippen LogP contribution is 2.33. The fourth-order valence-electron chi connectivity index (χ4n) is 1.44. The van der Waals surface area contributed by atoms with Crippen LogP contribution in [-0.2, 0) is 0 Å². The Morgan fingerprint density at radius 2 is 2.21 bits per heavy atom. The van der Waals surface area contributed by atoms with Gasteiger partial charge in [-0.1, -0.05) is 0 Å². The molecular weight excluding hydrogens is 184 g/mol. The van der Waals surface area contributed by atoms with Crippen LogP contribution in [0.1, 0.15) is 0 Å². The average Bonchev–Trinajstić information content (AvgIpc) is 2.62. The van der Waals surface area contributed by atoms with Crippen LogP contribution in [0.15, 0.2) is 24.4 Å². The van der Waals surface area contributed by atoms with Gasteiger partial charge >= 0.3 is 5.69 Å². The first-order valence-electron chi connectivity index (χ1n) is 4.02. The SMILES string of the molecule is COc1ccc2cc[nH]c2c1[N+](=O)[O-]. The van der Waals surface area contributed by atoms with Crippen LogP contribution in [0.25, 0.3) is 10.9 Å². The second-order valence-electron chi connectivity index (χ2n) is 2.82. The topological polar surface area (TPSA) is 68.2 Å². The molecule has 72 valence electrons. The molecule has 0 saturated carbocycles. The van der Waals surface area contributed by atoms with Crippen molar-refractivity contribution >= 4 is 16.6 Å². The van der Waals surface area contributed by atoms with Crippen molar-refractivity contribution in [1.82, 2.24) is 4.98 Å². The monoisotopic (exact) mass is 192 g/mol. The molecule has 1 heterocycles. The van der Waals surface area contributed by atoms with E-state index in [1.807, 2.05) is 0 Å². The van der Waals surface area contributed by atoms with Crippen molar-refractivity contribution in [2.24, 2.45) is 0 Å². The molecule has 0 spiro atoms.